The number of benzene rings is 2. The summed E-state index contributed by atoms with van der Waals surface area (Å²) in [6, 6.07) is 12.5. The summed E-state index contributed by atoms with van der Waals surface area (Å²) in [5.41, 5.74) is 2.33. The molecule has 2 aromatic rings. The third kappa shape index (κ3) is 5.41. The van der Waals surface area contributed by atoms with Gasteiger partial charge in [0.05, 0.1) is 0 Å². The summed E-state index contributed by atoms with van der Waals surface area (Å²) in [6.45, 7) is 3.23. The van der Waals surface area contributed by atoms with Crippen molar-refractivity contribution in [1.29, 1.82) is 0 Å². The molecule has 0 saturated heterocycles. The number of hydrogen-bond donors (Lipinski definition) is 2. The molecule has 0 fully saturated rings. The van der Waals surface area contributed by atoms with Gasteiger partial charge >= 0.3 is 0 Å². The molecule has 0 aliphatic heterocycles. The van der Waals surface area contributed by atoms with E-state index in [1.165, 1.54) is 6.92 Å². The number of carbonyl (C=O) groups excluding carboxylic acids is 2. The highest BCUT2D eigenvalue weighted by atomic mass is 79.9. The van der Waals surface area contributed by atoms with Crippen LogP contribution >= 0.6 is 15.9 Å². The molecule has 0 bridgehead atoms. The van der Waals surface area contributed by atoms with E-state index in [1.54, 1.807) is 24.3 Å². The van der Waals surface area contributed by atoms with E-state index in [1.807, 2.05) is 25.1 Å². The smallest absolute Gasteiger partial charge is 0.262 e. The Morgan fingerprint density at radius 3 is 2.61 bits per heavy atom. The van der Waals surface area contributed by atoms with Crippen molar-refractivity contribution in [3.8, 4) is 5.75 Å². The molecule has 0 aliphatic rings. The van der Waals surface area contributed by atoms with Gasteiger partial charge < -0.3 is 15.4 Å². The number of rotatable bonds is 5. The van der Waals surface area contributed by atoms with E-state index in [-0.39, 0.29) is 18.4 Å². The molecule has 0 heterocycles. The second kappa shape index (κ2) is 7.78. The van der Waals surface area contributed by atoms with Gasteiger partial charge in [-0.15, -0.1) is 0 Å². The number of amides is 2. The van der Waals surface area contributed by atoms with E-state index < -0.39 is 0 Å². The molecular formula is C17H17BrN2O3. The average molecular weight is 377 g/mol. The van der Waals surface area contributed by atoms with Gasteiger partial charge in [0.25, 0.3) is 5.91 Å². The third-order valence-electron chi connectivity index (χ3n) is 2.99. The van der Waals surface area contributed by atoms with Crippen LogP contribution in [0.3, 0.4) is 0 Å². The van der Waals surface area contributed by atoms with Crippen molar-refractivity contribution in [3.63, 3.8) is 0 Å². The molecule has 2 N–H and O–H groups in total. The molecule has 2 amide bonds. The van der Waals surface area contributed by atoms with Crippen LogP contribution in [0.5, 0.6) is 5.75 Å². The minimum atomic E-state index is -0.250. The van der Waals surface area contributed by atoms with E-state index in [0.29, 0.717) is 11.4 Å². The summed E-state index contributed by atoms with van der Waals surface area (Å²) in [6.07, 6.45) is 0. The van der Waals surface area contributed by atoms with Gasteiger partial charge in [0, 0.05) is 28.8 Å². The van der Waals surface area contributed by atoms with Crippen LogP contribution in [0.2, 0.25) is 0 Å². The second-order valence-electron chi connectivity index (χ2n) is 5.01. The predicted octanol–water partition coefficient (Wildman–Crippen LogP) is 3.73. The number of aryl methyl sites for hydroxylation is 1. The largest absolute Gasteiger partial charge is 0.484 e. The molecule has 0 aromatic heterocycles. The first-order chi connectivity index (χ1) is 10.9. The zero-order valence-corrected chi connectivity index (χ0v) is 14.4. The molecule has 6 heteroatoms. The van der Waals surface area contributed by atoms with Gasteiger partial charge in [-0.05, 0) is 42.8 Å². The van der Waals surface area contributed by atoms with Gasteiger partial charge in [-0.2, -0.15) is 0 Å². The lowest BCUT2D eigenvalue weighted by Gasteiger charge is -2.10. The zero-order chi connectivity index (χ0) is 16.8. The molecule has 0 unspecified atom stereocenters. The van der Waals surface area contributed by atoms with Gasteiger partial charge in [0.15, 0.2) is 6.61 Å². The maximum Gasteiger partial charge on any atom is 0.262 e. The highest BCUT2D eigenvalue weighted by Gasteiger charge is 2.07. The predicted molar refractivity (Wildman–Crippen MR) is 93.7 cm³/mol. The fourth-order valence-corrected chi connectivity index (χ4v) is 2.44. The quantitative estimate of drug-likeness (QED) is 0.835. The monoisotopic (exact) mass is 376 g/mol. The van der Waals surface area contributed by atoms with Crippen LogP contribution in [0.4, 0.5) is 11.4 Å². The van der Waals surface area contributed by atoms with Gasteiger partial charge in [-0.25, -0.2) is 0 Å². The lowest BCUT2D eigenvalue weighted by atomic mass is 10.2. The lowest BCUT2D eigenvalue weighted by Crippen LogP contribution is -2.20. The molecule has 2 rings (SSSR count). The minimum Gasteiger partial charge on any atom is -0.484 e. The molecule has 5 nitrogen and oxygen atoms in total. The minimum absolute atomic E-state index is 0.112. The summed E-state index contributed by atoms with van der Waals surface area (Å²) in [7, 11) is 0. The van der Waals surface area contributed by atoms with Gasteiger partial charge in [0.2, 0.25) is 5.91 Å². The Hall–Kier alpha value is -2.34. The molecule has 120 valence electrons. The Balaban J connectivity index is 1.92. The molecule has 0 spiro atoms. The molecule has 23 heavy (non-hydrogen) atoms. The number of carbonyl (C=O) groups is 2. The van der Waals surface area contributed by atoms with Crippen LogP contribution in [-0.4, -0.2) is 18.4 Å². The fourth-order valence-electron chi connectivity index (χ4n) is 1.97. The standard InChI is InChI=1S/C17H17BrN2O3/c1-11-8-13(18)6-7-16(11)20-17(22)10-23-15-5-3-4-14(9-15)19-12(2)21/h3-9H,10H2,1-2H3,(H,19,21)(H,20,22). The average Bonchev–Trinajstić information content (AvgIpc) is 2.48. The summed E-state index contributed by atoms with van der Waals surface area (Å²) in [5.74, 6) is 0.102. The van der Waals surface area contributed by atoms with Crippen LogP contribution in [0.15, 0.2) is 46.9 Å². The van der Waals surface area contributed by atoms with Crippen LogP contribution in [-0.2, 0) is 9.59 Å². The Bertz CT molecular complexity index is 732. The van der Waals surface area contributed by atoms with E-state index in [2.05, 4.69) is 26.6 Å². The van der Waals surface area contributed by atoms with Gasteiger partial charge in [-0.1, -0.05) is 22.0 Å². The number of nitrogens with one attached hydrogen (secondary N) is 2. The SMILES string of the molecule is CC(=O)Nc1cccc(OCC(=O)Nc2ccc(Br)cc2C)c1. The Morgan fingerprint density at radius 2 is 1.91 bits per heavy atom. The molecule has 0 radical (unpaired) electrons. The molecule has 2 aromatic carbocycles. The second-order valence-corrected chi connectivity index (χ2v) is 5.92. The topological polar surface area (TPSA) is 67.4 Å². The van der Waals surface area contributed by atoms with E-state index in [9.17, 15) is 9.59 Å². The number of halogens is 1. The van der Waals surface area contributed by atoms with Crippen molar-refractivity contribution in [2.45, 2.75) is 13.8 Å². The van der Waals surface area contributed by atoms with E-state index in [0.717, 1.165) is 15.7 Å². The van der Waals surface area contributed by atoms with Crippen LogP contribution < -0.4 is 15.4 Å². The Kier molecular flexibility index (Phi) is 5.76. The van der Waals surface area contributed by atoms with E-state index >= 15 is 0 Å². The highest BCUT2D eigenvalue weighted by Crippen LogP contribution is 2.20. The summed E-state index contributed by atoms with van der Waals surface area (Å²) in [5, 5.41) is 5.46. The summed E-state index contributed by atoms with van der Waals surface area (Å²) in [4.78, 5) is 23.0. The summed E-state index contributed by atoms with van der Waals surface area (Å²) < 4.78 is 6.41. The van der Waals surface area contributed by atoms with Crippen molar-refractivity contribution in [2.24, 2.45) is 0 Å². The molecule has 0 atom stereocenters. The highest BCUT2D eigenvalue weighted by molar-refractivity contribution is 9.10. The van der Waals surface area contributed by atoms with Crippen LogP contribution in [0.25, 0.3) is 0 Å². The normalized spacial score (nSPS) is 10.0. The fraction of sp³-hybridized carbons (Fsp3) is 0.176. The van der Waals surface area contributed by atoms with Crippen molar-refractivity contribution in [1.82, 2.24) is 0 Å². The first kappa shape index (κ1) is 17.0. The number of hydrogen-bond acceptors (Lipinski definition) is 3. The molecule has 0 saturated carbocycles. The van der Waals surface area contributed by atoms with Crippen LogP contribution in [0.1, 0.15) is 12.5 Å². The van der Waals surface area contributed by atoms with Crippen LogP contribution in [0, 0.1) is 6.92 Å². The number of ether oxygens (including phenoxy) is 1. The van der Waals surface area contributed by atoms with Gasteiger partial charge in [0.1, 0.15) is 5.75 Å². The van der Waals surface area contributed by atoms with Gasteiger partial charge in [-0.3, -0.25) is 9.59 Å². The number of anilines is 2. The lowest BCUT2D eigenvalue weighted by molar-refractivity contribution is -0.118. The first-order valence-corrected chi connectivity index (χ1v) is 7.80. The maximum absolute atomic E-state index is 12.0. The zero-order valence-electron chi connectivity index (χ0n) is 12.9. The molecule has 0 aliphatic carbocycles. The van der Waals surface area contributed by atoms with Crippen molar-refractivity contribution >= 4 is 39.1 Å². The maximum atomic E-state index is 12.0. The van der Waals surface area contributed by atoms with Crippen molar-refractivity contribution in [2.75, 3.05) is 17.2 Å². The molecular weight excluding hydrogens is 360 g/mol. The van der Waals surface area contributed by atoms with E-state index in [4.69, 9.17) is 4.74 Å². The first-order valence-electron chi connectivity index (χ1n) is 7.00. The van der Waals surface area contributed by atoms with Crippen molar-refractivity contribution in [3.05, 3.63) is 52.5 Å². The Labute approximate surface area is 143 Å². The third-order valence-corrected chi connectivity index (χ3v) is 3.48. The Morgan fingerprint density at radius 1 is 1.13 bits per heavy atom. The van der Waals surface area contributed by atoms with Crippen molar-refractivity contribution < 1.29 is 14.3 Å². The summed E-state index contributed by atoms with van der Waals surface area (Å²) >= 11 is 3.38.